The molecular formula is C20H17NO2. The van der Waals surface area contributed by atoms with E-state index in [-0.39, 0.29) is 0 Å². The number of rotatable bonds is 4. The summed E-state index contributed by atoms with van der Waals surface area (Å²) in [5.74, 6) is 1.75. The first-order chi connectivity index (χ1) is 11.3. The van der Waals surface area contributed by atoms with Crippen molar-refractivity contribution in [3.63, 3.8) is 0 Å². The highest BCUT2D eigenvalue weighted by molar-refractivity contribution is 6.10. The Balaban J connectivity index is 1.68. The molecule has 0 spiro atoms. The molecule has 1 N–H and O–H groups in total. The van der Waals surface area contributed by atoms with E-state index < -0.39 is 0 Å². The summed E-state index contributed by atoms with van der Waals surface area (Å²) in [6.07, 6.45) is 0. The minimum atomic E-state index is 0.530. The number of para-hydroxylation sites is 1. The molecule has 0 bridgehead atoms. The summed E-state index contributed by atoms with van der Waals surface area (Å²) in [6.45, 7) is 0.530. The van der Waals surface area contributed by atoms with Gasteiger partial charge in [0.05, 0.1) is 12.6 Å². The van der Waals surface area contributed by atoms with Crippen LogP contribution in [0.1, 0.15) is 5.56 Å². The van der Waals surface area contributed by atoms with Gasteiger partial charge in [-0.05, 0) is 35.9 Å². The lowest BCUT2D eigenvalue weighted by Gasteiger charge is -2.08. The van der Waals surface area contributed by atoms with E-state index >= 15 is 0 Å². The van der Waals surface area contributed by atoms with E-state index in [2.05, 4.69) is 29.2 Å². The van der Waals surface area contributed by atoms with Crippen LogP contribution in [0.15, 0.2) is 66.7 Å². The van der Waals surface area contributed by atoms with Crippen molar-refractivity contribution in [1.82, 2.24) is 4.98 Å². The highest BCUT2D eigenvalue weighted by atomic mass is 16.5. The van der Waals surface area contributed by atoms with Crippen molar-refractivity contribution >= 4 is 21.8 Å². The number of aromatic nitrogens is 1. The van der Waals surface area contributed by atoms with Crippen LogP contribution in [0.3, 0.4) is 0 Å². The summed E-state index contributed by atoms with van der Waals surface area (Å²) in [4.78, 5) is 3.44. The SMILES string of the molecule is COc1ccc(COc2cccc3[nH]c4ccccc4c23)cc1. The third-order valence-corrected chi connectivity index (χ3v) is 4.05. The van der Waals surface area contributed by atoms with E-state index in [4.69, 9.17) is 9.47 Å². The van der Waals surface area contributed by atoms with Gasteiger partial charge in [0.15, 0.2) is 0 Å². The largest absolute Gasteiger partial charge is 0.497 e. The lowest BCUT2D eigenvalue weighted by atomic mass is 10.1. The van der Waals surface area contributed by atoms with Crippen molar-refractivity contribution in [2.45, 2.75) is 6.61 Å². The maximum Gasteiger partial charge on any atom is 0.129 e. The number of methoxy groups -OCH3 is 1. The quantitative estimate of drug-likeness (QED) is 0.581. The molecule has 0 atom stereocenters. The standard InChI is InChI=1S/C20H17NO2/c1-22-15-11-9-14(10-12-15)13-23-19-8-4-7-18-20(19)16-5-2-3-6-17(16)21-18/h2-12,21H,13H2,1H3. The number of aromatic amines is 1. The Hall–Kier alpha value is -2.94. The van der Waals surface area contributed by atoms with E-state index in [1.165, 1.54) is 5.39 Å². The monoisotopic (exact) mass is 303 g/mol. The van der Waals surface area contributed by atoms with E-state index in [1.807, 2.05) is 42.5 Å². The molecule has 1 aromatic heterocycles. The van der Waals surface area contributed by atoms with Gasteiger partial charge in [0.1, 0.15) is 18.1 Å². The van der Waals surface area contributed by atoms with Crippen molar-refractivity contribution in [2.24, 2.45) is 0 Å². The van der Waals surface area contributed by atoms with Gasteiger partial charge < -0.3 is 14.5 Å². The molecule has 23 heavy (non-hydrogen) atoms. The van der Waals surface area contributed by atoms with E-state index in [0.717, 1.165) is 33.5 Å². The fourth-order valence-corrected chi connectivity index (χ4v) is 2.87. The van der Waals surface area contributed by atoms with Gasteiger partial charge in [-0.1, -0.05) is 36.4 Å². The maximum atomic E-state index is 6.08. The molecule has 3 nitrogen and oxygen atoms in total. The van der Waals surface area contributed by atoms with Crippen LogP contribution in [0.25, 0.3) is 21.8 Å². The first-order valence-corrected chi connectivity index (χ1v) is 7.60. The molecule has 0 saturated carbocycles. The molecule has 0 radical (unpaired) electrons. The highest BCUT2D eigenvalue weighted by Gasteiger charge is 2.09. The second-order valence-electron chi connectivity index (χ2n) is 5.49. The Labute approximate surface area is 134 Å². The smallest absolute Gasteiger partial charge is 0.129 e. The van der Waals surface area contributed by atoms with Crippen molar-refractivity contribution < 1.29 is 9.47 Å². The number of hydrogen-bond acceptors (Lipinski definition) is 2. The molecule has 4 rings (SSSR count). The molecule has 0 aliphatic carbocycles. The van der Waals surface area contributed by atoms with Crippen molar-refractivity contribution in [2.75, 3.05) is 7.11 Å². The Kier molecular flexibility index (Phi) is 3.39. The summed E-state index contributed by atoms with van der Waals surface area (Å²) in [5.41, 5.74) is 3.34. The van der Waals surface area contributed by atoms with Crippen LogP contribution in [0.2, 0.25) is 0 Å². The molecule has 0 fully saturated rings. The lowest BCUT2D eigenvalue weighted by Crippen LogP contribution is -1.95. The average Bonchev–Trinajstić information content (AvgIpc) is 2.99. The van der Waals surface area contributed by atoms with Crippen LogP contribution in [0.5, 0.6) is 11.5 Å². The van der Waals surface area contributed by atoms with Gasteiger partial charge >= 0.3 is 0 Å². The van der Waals surface area contributed by atoms with Gasteiger partial charge in [0, 0.05) is 16.3 Å². The molecule has 3 heteroatoms. The molecule has 0 aliphatic rings. The van der Waals surface area contributed by atoms with Gasteiger partial charge in [-0.25, -0.2) is 0 Å². The molecule has 4 aromatic rings. The number of benzene rings is 3. The van der Waals surface area contributed by atoms with Crippen LogP contribution < -0.4 is 9.47 Å². The highest BCUT2D eigenvalue weighted by Crippen LogP contribution is 2.33. The fraction of sp³-hybridized carbons (Fsp3) is 0.100. The predicted octanol–water partition coefficient (Wildman–Crippen LogP) is 4.91. The molecule has 0 unspecified atom stereocenters. The van der Waals surface area contributed by atoms with Crippen molar-refractivity contribution in [3.8, 4) is 11.5 Å². The Morgan fingerprint density at radius 1 is 0.826 bits per heavy atom. The van der Waals surface area contributed by atoms with Gasteiger partial charge in [-0.2, -0.15) is 0 Å². The second-order valence-corrected chi connectivity index (χ2v) is 5.49. The van der Waals surface area contributed by atoms with Crippen LogP contribution in [0, 0.1) is 0 Å². The summed E-state index contributed by atoms with van der Waals surface area (Å²) in [7, 11) is 1.67. The van der Waals surface area contributed by atoms with Gasteiger partial charge in [-0.3, -0.25) is 0 Å². The first-order valence-electron chi connectivity index (χ1n) is 7.60. The average molecular weight is 303 g/mol. The zero-order chi connectivity index (χ0) is 15.6. The zero-order valence-electron chi connectivity index (χ0n) is 12.9. The molecule has 0 aliphatic heterocycles. The number of ether oxygens (including phenoxy) is 2. The second kappa shape index (κ2) is 5.69. The molecule has 0 amide bonds. The molecule has 0 saturated heterocycles. The van der Waals surface area contributed by atoms with Gasteiger partial charge in [-0.15, -0.1) is 0 Å². The topological polar surface area (TPSA) is 34.2 Å². The first kappa shape index (κ1) is 13.7. The van der Waals surface area contributed by atoms with Crippen LogP contribution >= 0.6 is 0 Å². The van der Waals surface area contributed by atoms with E-state index in [0.29, 0.717) is 6.61 Å². The summed E-state index contributed by atoms with van der Waals surface area (Å²) in [5, 5.41) is 2.32. The fourth-order valence-electron chi connectivity index (χ4n) is 2.87. The summed E-state index contributed by atoms with van der Waals surface area (Å²) in [6, 6.07) is 22.4. The van der Waals surface area contributed by atoms with Crippen molar-refractivity contribution in [3.05, 3.63) is 72.3 Å². The normalized spacial score (nSPS) is 11.0. The predicted molar refractivity (Wildman–Crippen MR) is 93.1 cm³/mol. The minimum absolute atomic E-state index is 0.530. The lowest BCUT2D eigenvalue weighted by molar-refractivity contribution is 0.310. The summed E-state index contributed by atoms with van der Waals surface area (Å²) < 4.78 is 11.3. The van der Waals surface area contributed by atoms with Crippen LogP contribution in [-0.2, 0) is 6.61 Å². The van der Waals surface area contributed by atoms with E-state index in [9.17, 15) is 0 Å². The molecule has 1 heterocycles. The molecular weight excluding hydrogens is 286 g/mol. The third-order valence-electron chi connectivity index (χ3n) is 4.05. The number of H-pyrrole nitrogens is 1. The van der Waals surface area contributed by atoms with E-state index in [1.54, 1.807) is 7.11 Å². The van der Waals surface area contributed by atoms with Crippen LogP contribution in [0.4, 0.5) is 0 Å². The number of nitrogens with one attached hydrogen (secondary N) is 1. The number of hydrogen-bond donors (Lipinski definition) is 1. The molecule has 3 aromatic carbocycles. The Morgan fingerprint density at radius 3 is 2.43 bits per heavy atom. The zero-order valence-corrected chi connectivity index (χ0v) is 12.9. The maximum absolute atomic E-state index is 6.08. The van der Waals surface area contributed by atoms with Crippen molar-refractivity contribution in [1.29, 1.82) is 0 Å². The molecule has 114 valence electrons. The Morgan fingerprint density at radius 2 is 1.61 bits per heavy atom. The summed E-state index contributed by atoms with van der Waals surface area (Å²) >= 11 is 0. The Bertz CT molecular complexity index is 954. The van der Waals surface area contributed by atoms with Gasteiger partial charge in [0.25, 0.3) is 0 Å². The van der Waals surface area contributed by atoms with Gasteiger partial charge in [0.2, 0.25) is 0 Å². The minimum Gasteiger partial charge on any atom is -0.497 e. The van der Waals surface area contributed by atoms with Crippen LogP contribution in [-0.4, -0.2) is 12.1 Å². The number of fused-ring (bicyclic) bond motifs is 3. The third kappa shape index (κ3) is 2.50.